The van der Waals surface area contributed by atoms with E-state index >= 15 is 0 Å². The SMILES string of the molecule is CC(c1ccc(C(F)(F)F)nc1)S(C)=Nc1ncc(C#N)s1. The minimum atomic E-state index is -4.44. The molecule has 0 N–H and O–H groups in total. The topological polar surface area (TPSA) is 61.9 Å². The fourth-order valence-corrected chi connectivity index (χ4v) is 3.51. The minimum absolute atomic E-state index is 0.0933. The summed E-state index contributed by atoms with van der Waals surface area (Å²) in [5.74, 6) is 0. The van der Waals surface area contributed by atoms with E-state index in [-0.39, 0.29) is 5.25 Å². The zero-order valence-electron chi connectivity index (χ0n) is 11.6. The Hall–Kier alpha value is -1.79. The van der Waals surface area contributed by atoms with Gasteiger partial charge in [-0.1, -0.05) is 28.1 Å². The minimum Gasteiger partial charge on any atom is -0.251 e. The van der Waals surface area contributed by atoms with Gasteiger partial charge in [0, 0.05) is 11.4 Å². The quantitative estimate of drug-likeness (QED) is 0.836. The fourth-order valence-electron chi connectivity index (χ4n) is 1.57. The molecule has 9 heteroatoms. The fraction of sp³-hybridized carbons (Fsp3) is 0.308. The summed E-state index contributed by atoms with van der Waals surface area (Å²) in [6.45, 7) is 1.87. The van der Waals surface area contributed by atoms with Gasteiger partial charge in [0.25, 0.3) is 0 Å². The largest absolute Gasteiger partial charge is 0.433 e. The molecular weight excluding hydrogens is 333 g/mol. The number of hydrogen-bond acceptors (Lipinski definition) is 5. The van der Waals surface area contributed by atoms with E-state index in [1.54, 1.807) is 0 Å². The molecular formula is C13H11F3N4S2. The number of pyridine rings is 1. The van der Waals surface area contributed by atoms with Crippen molar-refractivity contribution < 1.29 is 13.2 Å². The Kier molecular flexibility index (Phi) is 4.93. The lowest BCUT2D eigenvalue weighted by Crippen LogP contribution is -2.09. The summed E-state index contributed by atoms with van der Waals surface area (Å²) in [5.41, 5.74) is -0.227. The Labute approximate surface area is 131 Å². The van der Waals surface area contributed by atoms with Crippen LogP contribution in [0.25, 0.3) is 0 Å². The number of nitriles is 1. The van der Waals surface area contributed by atoms with Gasteiger partial charge in [-0.15, -0.1) is 0 Å². The number of rotatable bonds is 3. The van der Waals surface area contributed by atoms with Crippen LogP contribution in [0.15, 0.2) is 28.9 Å². The van der Waals surface area contributed by atoms with Gasteiger partial charge in [-0.05, 0) is 24.8 Å². The van der Waals surface area contributed by atoms with E-state index in [0.717, 1.165) is 6.07 Å². The molecule has 2 rings (SSSR count). The molecule has 0 aliphatic carbocycles. The second kappa shape index (κ2) is 6.54. The molecule has 0 amide bonds. The molecule has 0 saturated carbocycles. The van der Waals surface area contributed by atoms with E-state index in [4.69, 9.17) is 5.26 Å². The zero-order valence-corrected chi connectivity index (χ0v) is 13.3. The molecule has 0 saturated heterocycles. The second-order valence-corrected chi connectivity index (χ2v) is 7.30. The number of halogens is 3. The lowest BCUT2D eigenvalue weighted by molar-refractivity contribution is -0.141. The molecule has 2 aromatic rings. The van der Waals surface area contributed by atoms with Crippen molar-refractivity contribution in [2.24, 2.45) is 4.36 Å². The number of alkyl halides is 3. The van der Waals surface area contributed by atoms with E-state index in [2.05, 4.69) is 14.3 Å². The maximum Gasteiger partial charge on any atom is 0.433 e. The third-order valence-corrected chi connectivity index (χ3v) is 5.55. The highest BCUT2D eigenvalue weighted by molar-refractivity contribution is 7.87. The summed E-state index contributed by atoms with van der Waals surface area (Å²) < 4.78 is 41.9. The Morgan fingerprint density at radius 1 is 1.32 bits per heavy atom. The number of thiazole rings is 1. The van der Waals surface area contributed by atoms with Crippen molar-refractivity contribution in [3.8, 4) is 6.07 Å². The van der Waals surface area contributed by atoms with Gasteiger partial charge in [0.2, 0.25) is 5.13 Å². The van der Waals surface area contributed by atoms with Crippen molar-refractivity contribution in [1.29, 1.82) is 5.26 Å². The van der Waals surface area contributed by atoms with Crippen LogP contribution in [0.5, 0.6) is 0 Å². The van der Waals surface area contributed by atoms with Crippen LogP contribution in [-0.4, -0.2) is 16.2 Å². The zero-order chi connectivity index (χ0) is 16.3. The predicted molar refractivity (Wildman–Crippen MR) is 79.9 cm³/mol. The third kappa shape index (κ3) is 3.90. The lowest BCUT2D eigenvalue weighted by Gasteiger charge is -2.13. The predicted octanol–water partition coefficient (Wildman–Crippen LogP) is 4.25. The summed E-state index contributed by atoms with van der Waals surface area (Å²) in [6, 6.07) is 4.38. The average molecular weight is 344 g/mol. The Balaban J connectivity index is 2.20. The summed E-state index contributed by atoms with van der Waals surface area (Å²) in [4.78, 5) is 7.95. The van der Waals surface area contributed by atoms with E-state index in [0.29, 0.717) is 15.6 Å². The molecule has 116 valence electrons. The maximum absolute atomic E-state index is 12.5. The maximum atomic E-state index is 12.5. The van der Waals surface area contributed by atoms with Crippen LogP contribution < -0.4 is 0 Å². The lowest BCUT2D eigenvalue weighted by atomic mass is 10.2. The summed E-state index contributed by atoms with van der Waals surface area (Å²) in [7, 11) is -0.491. The Morgan fingerprint density at radius 2 is 2.05 bits per heavy atom. The number of nitrogens with zero attached hydrogens (tertiary/aromatic N) is 4. The molecule has 2 atom stereocenters. The van der Waals surface area contributed by atoms with E-state index in [1.807, 2.05) is 19.2 Å². The van der Waals surface area contributed by atoms with Crippen molar-refractivity contribution in [2.75, 3.05) is 6.26 Å². The van der Waals surface area contributed by atoms with Crippen LogP contribution in [0.4, 0.5) is 18.3 Å². The van der Waals surface area contributed by atoms with Crippen molar-refractivity contribution >= 4 is 27.2 Å². The summed E-state index contributed by atoms with van der Waals surface area (Å²) >= 11 is 1.18. The standard InChI is InChI=1S/C13H11F3N4S2/c1-8(9-3-4-11(18-6-9)13(14,15)16)22(2)20-12-19-7-10(5-17)21-12/h3-4,6-8H,1-2H3. The van der Waals surface area contributed by atoms with Gasteiger partial charge in [-0.2, -0.15) is 22.8 Å². The highest BCUT2D eigenvalue weighted by Gasteiger charge is 2.32. The van der Waals surface area contributed by atoms with Crippen LogP contribution in [0, 0.1) is 11.3 Å². The molecule has 22 heavy (non-hydrogen) atoms. The Bertz CT molecular complexity index is 729. The molecule has 2 heterocycles. The van der Waals surface area contributed by atoms with Crippen LogP contribution in [-0.2, 0) is 16.9 Å². The third-order valence-electron chi connectivity index (χ3n) is 2.88. The number of aromatic nitrogens is 2. The molecule has 2 aromatic heterocycles. The van der Waals surface area contributed by atoms with Crippen LogP contribution >= 0.6 is 11.3 Å². The molecule has 0 aliphatic rings. The normalized spacial score (nSPS) is 14.5. The monoisotopic (exact) mass is 344 g/mol. The van der Waals surface area contributed by atoms with Crippen molar-refractivity contribution in [2.45, 2.75) is 18.3 Å². The summed E-state index contributed by atoms with van der Waals surface area (Å²) in [6.07, 6.45) is 0.116. The number of hydrogen-bond donors (Lipinski definition) is 0. The molecule has 0 radical (unpaired) electrons. The van der Waals surface area contributed by atoms with Crippen LogP contribution in [0.2, 0.25) is 0 Å². The van der Waals surface area contributed by atoms with Gasteiger partial charge in [0.1, 0.15) is 16.6 Å². The first-order chi connectivity index (χ1) is 10.3. The van der Waals surface area contributed by atoms with Crippen molar-refractivity contribution in [1.82, 2.24) is 9.97 Å². The Morgan fingerprint density at radius 3 is 2.55 bits per heavy atom. The summed E-state index contributed by atoms with van der Waals surface area (Å²) in [5, 5.41) is 9.15. The highest BCUT2D eigenvalue weighted by atomic mass is 32.2. The van der Waals surface area contributed by atoms with Crippen LogP contribution in [0.1, 0.15) is 28.3 Å². The van der Waals surface area contributed by atoms with Gasteiger partial charge in [0.15, 0.2) is 0 Å². The molecule has 0 aliphatic heterocycles. The molecule has 4 nitrogen and oxygen atoms in total. The van der Waals surface area contributed by atoms with Gasteiger partial charge in [0.05, 0.1) is 6.20 Å². The van der Waals surface area contributed by atoms with Crippen LogP contribution in [0.3, 0.4) is 0 Å². The van der Waals surface area contributed by atoms with Crippen molar-refractivity contribution in [3.05, 3.63) is 40.7 Å². The van der Waals surface area contributed by atoms with E-state index < -0.39 is 22.6 Å². The van der Waals surface area contributed by atoms with Gasteiger partial charge in [-0.25, -0.2) is 4.98 Å². The molecule has 2 unspecified atom stereocenters. The first-order valence-corrected chi connectivity index (χ1v) is 8.54. The van der Waals surface area contributed by atoms with E-state index in [9.17, 15) is 13.2 Å². The van der Waals surface area contributed by atoms with Crippen molar-refractivity contribution in [3.63, 3.8) is 0 Å². The molecule has 0 aromatic carbocycles. The second-order valence-electron chi connectivity index (χ2n) is 4.35. The molecule has 0 spiro atoms. The van der Waals surface area contributed by atoms with E-state index in [1.165, 1.54) is 29.8 Å². The molecule has 0 bridgehead atoms. The first-order valence-electron chi connectivity index (χ1n) is 6.07. The van der Waals surface area contributed by atoms with Gasteiger partial charge in [-0.3, -0.25) is 4.98 Å². The van der Waals surface area contributed by atoms with Gasteiger partial charge < -0.3 is 0 Å². The first kappa shape index (κ1) is 16.6. The highest BCUT2D eigenvalue weighted by Crippen LogP contribution is 2.30. The average Bonchev–Trinajstić information content (AvgIpc) is 2.93. The molecule has 0 fully saturated rings. The smallest absolute Gasteiger partial charge is 0.251 e. The van der Waals surface area contributed by atoms with Gasteiger partial charge >= 0.3 is 6.18 Å².